The number of rotatable bonds is 5. The van der Waals surface area contributed by atoms with Gasteiger partial charge in [-0.2, -0.15) is 0 Å². The first-order chi connectivity index (χ1) is 15.3. The van der Waals surface area contributed by atoms with Crippen molar-refractivity contribution >= 4 is 11.6 Å². The van der Waals surface area contributed by atoms with E-state index in [0.717, 1.165) is 24.1 Å². The highest BCUT2D eigenvalue weighted by Crippen LogP contribution is 2.30. The molecule has 6 nitrogen and oxygen atoms in total. The Morgan fingerprint density at radius 1 is 0.903 bits per heavy atom. The van der Waals surface area contributed by atoms with Crippen molar-refractivity contribution < 1.29 is 9.53 Å². The Balaban J connectivity index is 1.36. The molecule has 2 aromatic carbocycles. The van der Waals surface area contributed by atoms with Gasteiger partial charge in [-0.15, -0.1) is 0 Å². The van der Waals surface area contributed by atoms with Crippen LogP contribution in [0.2, 0.25) is 0 Å². The second kappa shape index (κ2) is 8.36. The second-order valence-electron chi connectivity index (χ2n) is 7.37. The number of aryl methyl sites for hydroxylation is 2. The van der Waals surface area contributed by atoms with Gasteiger partial charge in [-0.1, -0.05) is 12.1 Å². The number of anilines is 1. The molecule has 31 heavy (non-hydrogen) atoms. The maximum absolute atomic E-state index is 12.8. The van der Waals surface area contributed by atoms with Crippen LogP contribution in [0.5, 0.6) is 11.6 Å². The van der Waals surface area contributed by atoms with Gasteiger partial charge in [0, 0.05) is 23.6 Å². The quantitative estimate of drug-likeness (QED) is 0.499. The summed E-state index contributed by atoms with van der Waals surface area (Å²) < 4.78 is 6.01. The minimum Gasteiger partial charge on any atom is -0.438 e. The summed E-state index contributed by atoms with van der Waals surface area (Å²) in [6.45, 7) is 0. The van der Waals surface area contributed by atoms with E-state index in [1.807, 2.05) is 18.2 Å². The lowest BCUT2D eigenvalue weighted by atomic mass is 10.1. The number of nitrogens with one attached hydrogen (secondary N) is 1. The van der Waals surface area contributed by atoms with Gasteiger partial charge in [0.05, 0.1) is 11.3 Å². The van der Waals surface area contributed by atoms with E-state index in [-0.39, 0.29) is 5.91 Å². The van der Waals surface area contributed by atoms with Crippen LogP contribution in [0.1, 0.15) is 27.9 Å². The van der Waals surface area contributed by atoms with E-state index in [9.17, 15) is 4.79 Å². The lowest BCUT2D eigenvalue weighted by Gasteiger charge is -2.11. The second-order valence-corrected chi connectivity index (χ2v) is 7.37. The molecule has 6 heteroatoms. The van der Waals surface area contributed by atoms with Crippen LogP contribution in [0.3, 0.4) is 0 Å². The molecule has 0 aliphatic heterocycles. The monoisotopic (exact) mass is 408 g/mol. The third-order valence-electron chi connectivity index (χ3n) is 5.30. The normalized spacial score (nSPS) is 12.3. The SMILES string of the molecule is O=C(Nc1ccc2c(c1)CCC2)c1cccc(Oc2ncccc2-c2ccncn2)c1. The van der Waals surface area contributed by atoms with Crippen molar-refractivity contribution in [2.75, 3.05) is 5.32 Å². The maximum Gasteiger partial charge on any atom is 0.255 e. The summed E-state index contributed by atoms with van der Waals surface area (Å²) in [5.41, 5.74) is 5.48. The number of carbonyl (C=O) groups excluding carboxylic acids is 1. The Kier molecular flexibility index (Phi) is 5.10. The van der Waals surface area contributed by atoms with Crippen LogP contribution >= 0.6 is 0 Å². The summed E-state index contributed by atoms with van der Waals surface area (Å²) in [7, 11) is 0. The van der Waals surface area contributed by atoms with Gasteiger partial charge in [-0.05, 0) is 78.9 Å². The highest BCUT2D eigenvalue weighted by atomic mass is 16.5. The maximum atomic E-state index is 12.8. The average molecular weight is 408 g/mol. The number of fused-ring (bicyclic) bond motifs is 1. The molecule has 4 aromatic rings. The van der Waals surface area contributed by atoms with Crippen LogP contribution in [-0.4, -0.2) is 20.9 Å². The zero-order valence-electron chi connectivity index (χ0n) is 16.8. The van der Waals surface area contributed by atoms with E-state index in [1.54, 1.807) is 42.7 Å². The van der Waals surface area contributed by atoms with Gasteiger partial charge in [0.2, 0.25) is 5.88 Å². The molecule has 0 atom stereocenters. The Hall–Kier alpha value is -4.06. The minimum atomic E-state index is -0.180. The number of aromatic nitrogens is 3. The number of hydrogen-bond acceptors (Lipinski definition) is 5. The molecule has 1 aliphatic carbocycles. The summed E-state index contributed by atoms with van der Waals surface area (Å²) >= 11 is 0. The molecule has 0 unspecified atom stereocenters. The summed E-state index contributed by atoms with van der Waals surface area (Å²) in [4.78, 5) is 25.4. The number of ether oxygens (including phenoxy) is 1. The van der Waals surface area contributed by atoms with Crippen LogP contribution in [0.4, 0.5) is 5.69 Å². The molecule has 0 fully saturated rings. The third-order valence-corrected chi connectivity index (χ3v) is 5.30. The van der Waals surface area contributed by atoms with Crippen molar-refractivity contribution in [3.05, 3.63) is 96.1 Å². The molecule has 2 heterocycles. The first-order valence-electron chi connectivity index (χ1n) is 10.2. The molecule has 0 saturated carbocycles. The van der Waals surface area contributed by atoms with Crippen molar-refractivity contribution in [2.24, 2.45) is 0 Å². The van der Waals surface area contributed by atoms with E-state index in [4.69, 9.17) is 4.74 Å². The van der Waals surface area contributed by atoms with Crippen molar-refractivity contribution in [3.8, 4) is 22.9 Å². The fourth-order valence-electron chi connectivity index (χ4n) is 3.78. The largest absolute Gasteiger partial charge is 0.438 e. The summed E-state index contributed by atoms with van der Waals surface area (Å²) in [5, 5.41) is 2.99. The first-order valence-corrected chi connectivity index (χ1v) is 10.2. The molecule has 1 aliphatic rings. The number of carbonyl (C=O) groups is 1. The van der Waals surface area contributed by atoms with E-state index in [0.29, 0.717) is 22.9 Å². The lowest BCUT2D eigenvalue weighted by molar-refractivity contribution is 0.102. The Morgan fingerprint density at radius 2 is 1.84 bits per heavy atom. The number of nitrogens with zero attached hydrogens (tertiary/aromatic N) is 3. The van der Waals surface area contributed by atoms with Crippen molar-refractivity contribution in [2.45, 2.75) is 19.3 Å². The Bertz CT molecular complexity index is 1240. The van der Waals surface area contributed by atoms with Crippen molar-refractivity contribution in [3.63, 3.8) is 0 Å². The zero-order chi connectivity index (χ0) is 21.0. The predicted octanol–water partition coefficient (Wildman–Crippen LogP) is 5.07. The fourth-order valence-corrected chi connectivity index (χ4v) is 3.78. The Labute approximate surface area is 180 Å². The number of hydrogen-bond donors (Lipinski definition) is 1. The van der Waals surface area contributed by atoms with Crippen LogP contribution in [0.15, 0.2) is 79.4 Å². The van der Waals surface area contributed by atoms with E-state index >= 15 is 0 Å². The van der Waals surface area contributed by atoms with Gasteiger partial charge < -0.3 is 10.1 Å². The highest BCUT2D eigenvalue weighted by Gasteiger charge is 2.14. The topological polar surface area (TPSA) is 77.0 Å². The molecule has 152 valence electrons. The predicted molar refractivity (Wildman–Crippen MR) is 118 cm³/mol. The summed E-state index contributed by atoms with van der Waals surface area (Å²) in [6.07, 6.45) is 8.18. The molecular weight excluding hydrogens is 388 g/mol. The molecule has 1 amide bonds. The summed E-state index contributed by atoms with van der Waals surface area (Å²) in [6, 6.07) is 18.7. The summed E-state index contributed by atoms with van der Waals surface area (Å²) in [5.74, 6) is 0.758. The van der Waals surface area contributed by atoms with Crippen LogP contribution < -0.4 is 10.1 Å². The van der Waals surface area contributed by atoms with Crippen LogP contribution in [0, 0.1) is 0 Å². The van der Waals surface area contributed by atoms with E-state index in [2.05, 4.69) is 32.4 Å². The van der Waals surface area contributed by atoms with Gasteiger partial charge in [-0.3, -0.25) is 4.79 Å². The highest BCUT2D eigenvalue weighted by molar-refractivity contribution is 6.04. The van der Waals surface area contributed by atoms with Gasteiger partial charge in [0.1, 0.15) is 12.1 Å². The lowest BCUT2D eigenvalue weighted by Crippen LogP contribution is -2.12. The van der Waals surface area contributed by atoms with Crippen LogP contribution in [0.25, 0.3) is 11.3 Å². The van der Waals surface area contributed by atoms with Crippen molar-refractivity contribution in [1.29, 1.82) is 0 Å². The fraction of sp³-hybridized carbons (Fsp3) is 0.120. The molecule has 0 bridgehead atoms. The van der Waals surface area contributed by atoms with E-state index in [1.165, 1.54) is 23.9 Å². The van der Waals surface area contributed by atoms with Gasteiger partial charge in [-0.25, -0.2) is 15.0 Å². The standard InChI is InChI=1S/C25H20N4O2/c30-24(29-20-10-9-17-4-1-5-18(17)14-20)19-6-2-7-21(15-19)31-25-22(8-3-12-27-25)23-11-13-26-16-28-23/h2-3,6-16H,1,4-5H2,(H,29,30). The Morgan fingerprint density at radius 3 is 2.74 bits per heavy atom. The molecular formula is C25H20N4O2. The zero-order valence-corrected chi connectivity index (χ0v) is 16.8. The molecule has 0 spiro atoms. The minimum absolute atomic E-state index is 0.180. The smallest absolute Gasteiger partial charge is 0.255 e. The number of benzene rings is 2. The molecule has 0 radical (unpaired) electrons. The van der Waals surface area contributed by atoms with Crippen LogP contribution in [-0.2, 0) is 12.8 Å². The van der Waals surface area contributed by atoms with Gasteiger partial charge >= 0.3 is 0 Å². The number of pyridine rings is 1. The molecule has 0 saturated heterocycles. The molecule has 5 rings (SSSR count). The van der Waals surface area contributed by atoms with Crippen molar-refractivity contribution in [1.82, 2.24) is 15.0 Å². The number of amides is 1. The van der Waals surface area contributed by atoms with Gasteiger partial charge in [0.25, 0.3) is 5.91 Å². The first kappa shape index (κ1) is 18.9. The average Bonchev–Trinajstić information content (AvgIpc) is 3.28. The molecule has 2 aromatic heterocycles. The third kappa shape index (κ3) is 4.14. The molecule has 1 N–H and O–H groups in total. The van der Waals surface area contributed by atoms with Gasteiger partial charge in [0.15, 0.2) is 0 Å². The van der Waals surface area contributed by atoms with E-state index < -0.39 is 0 Å².